The van der Waals surface area contributed by atoms with Crippen molar-refractivity contribution in [2.75, 3.05) is 13.2 Å². The Bertz CT molecular complexity index is 663. The SMILES string of the molecule is O=C(CCc1ccccc1Br)c1cccc(C2OCCO2)c1. The molecule has 1 heterocycles. The van der Waals surface area contributed by atoms with Crippen molar-refractivity contribution in [3.8, 4) is 0 Å². The first-order valence-electron chi connectivity index (χ1n) is 7.34. The van der Waals surface area contributed by atoms with Gasteiger partial charge in [-0.25, -0.2) is 0 Å². The van der Waals surface area contributed by atoms with Crippen molar-refractivity contribution >= 4 is 21.7 Å². The highest BCUT2D eigenvalue weighted by Crippen LogP contribution is 2.24. The Morgan fingerprint density at radius 3 is 2.64 bits per heavy atom. The van der Waals surface area contributed by atoms with Gasteiger partial charge in [0.05, 0.1) is 13.2 Å². The van der Waals surface area contributed by atoms with Crippen LogP contribution in [-0.4, -0.2) is 19.0 Å². The van der Waals surface area contributed by atoms with Crippen molar-refractivity contribution in [3.05, 3.63) is 69.7 Å². The quantitative estimate of drug-likeness (QED) is 0.745. The summed E-state index contributed by atoms with van der Waals surface area (Å²) in [4.78, 5) is 12.4. The largest absolute Gasteiger partial charge is 0.346 e. The van der Waals surface area contributed by atoms with Crippen LogP contribution >= 0.6 is 15.9 Å². The lowest BCUT2D eigenvalue weighted by molar-refractivity contribution is -0.0441. The molecule has 1 aliphatic heterocycles. The number of Topliss-reactive ketones (excluding diaryl/α,β-unsaturated/α-hetero) is 1. The van der Waals surface area contributed by atoms with E-state index in [4.69, 9.17) is 9.47 Å². The number of benzene rings is 2. The van der Waals surface area contributed by atoms with E-state index in [0.717, 1.165) is 22.0 Å². The Balaban J connectivity index is 1.67. The Kier molecular flexibility index (Phi) is 5.03. The minimum absolute atomic E-state index is 0.135. The molecule has 1 fully saturated rings. The molecule has 0 atom stereocenters. The number of carbonyl (C=O) groups is 1. The lowest BCUT2D eigenvalue weighted by atomic mass is 10.0. The molecular formula is C18H17BrO3. The monoisotopic (exact) mass is 360 g/mol. The maximum absolute atomic E-state index is 12.4. The second-order valence-corrected chi connectivity index (χ2v) is 6.07. The molecule has 0 aliphatic carbocycles. The van der Waals surface area contributed by atoms with Crippen LogP contribution in [0.2, 0.25) is 0 Å². The fourth-order valence-electron chi connectivity index (χ4n) is 2.50. The summed E-state index contributed by atoms with van der Waals surface area (Å²) >= 11 is 3.51. The molecule has 3 nitrogen and oxygen atoms in total. The highest BCUT2D eigenvalue weighted by atomic mass is 79.9. The Morgan fingerprint density at radius 1 is 1.09 bits per heavy atom. The molecule has 1 aliphatic rings. The summed E-state index contributed by atoms with van der Waals surface area (Å²) in [5.74, 6) is 0.135. The number of carbonyl (C=O) groups excluding carboxylic acids is 1. The van der Waals surface area contributed by atoms with Crippen molar-refractivity contribution in [1.82, 2.24) is 0 Å². The fourth-order valence-corrected chi connectivity index (χ4v) is 2.99. The van der Waals surface area contributed by atoms with Crippen LogP contribution in [0, 0.1) is 0 Å². The third-order valence-corrected chi connectivity index (χ3v) is 4.46. The predicted molar refractivity (Wildman–Crippen MR) is 87.9 cm³/mol. The number of rotatable bonds is 5. The first kappa shape index (κ1) is 15.4. The minimum Gasteiger partial charge on any atom is -0.346 e. The van der Waals surface area contributed by atoms with Gasteiger partial charge in [-0.2, -0.15) is 0 Å². The van der Waals surface area contributed by atoms with E-state index >= 15 is 0 Å². The van der Waals surface area contributed by atoms with Gasteiger partial charge < -0.3 is 9.47 Å². The van der Waals surface area contributed by atoms with Crippen molar-refractivity contribution < 1.29 is 14.3 Å². The van der Waals surface area contributed by atoms with E-state index in [1.807, 2.05) is 48.5 Å². The molecule has 114 valence electrons. The van der Waals surface area contributed by atoms with Crippen LogP contribution in [0.5, 0.6) is 0 Å². The van der Waals surface area contributed by atoms with Gasteiger partial charge >= 0.3 is 0 Å². The number of aryl methyl sites for hydroxylation is 1. The molecule has 0 spiro atoms. The van der Waals surface area contributed by atoms with E-state index < -0.39 is 0 Å². The van der Waals surface area contributed by atoms with E-state index in [-0.39, 0.29) is 12.1 Å². The van der Waals surface area contributed by atoms with Gasteiger partial charge in [-0.3, -0.25) is 4.79 Å². The van der Waals surface area contributed by atoms with E-state index in [1.54, 1.807) is 0 Å². The Labute approximate surface area is 138 Å². The van der Waals surface area contributed by atoms with Crippen LogP contribution in [0.15, 0.2) is 53.0 Å². The standard InChI is InChI=1S/C18H17BrO3/c19-16-7-2-1-4-13(16)8-9-17(20)14-5-3-6-15(12-14)18-21-10-11-22-18/h1-7,12,18H,8-11H2. The van der Waals surface area contributed by atoms with E-state index in [1.165, 1.54) is 0 Å². The second kappa shape index (κ2) is 7.18. The van der Waals surface area contributed by atoms with Gasteiger partial charge in [0.2, 0.25) is 0 Å². The number of ether oxygens (including phenoxy) is 2. The average Bonchev–Trinajstić information content (AvgIpc) is 3.08. The molecule has 2 aromatic rings. The number of ketones is 1. The number of halogens is 1. The van der Waals surface area contributed by atoms with Gasteiger partial charge in [-0.1, -0.05) is 52.3 Å². The summed E-state index contributed by atoms with van der Waals surface area (Å²) < 4.78 is 12.0. The normalized spacial score (nSPS) is 15.1. The zero-order valence-electron chi connectivity index (χ0n) is 12.1. The van der Waals surface area contributed by atoms with Crippen LogP contribution in [-0.2, 0) is 15.9 Å². The van der Waals surface area contributed by atoms with Gasteiger partial charge in [-0.15, -0.1) is 0 Å². The predicted octanol–water partition coefficient (Wildman–Crippen LogP) is 4.31. The molecular weight excluding hydrogens is 344 g/mol. The molecule has 0 amide bonds. The van der Waals surface area contributed by atoms with Crippen LogP contribution in [0.3, 0.4) is 0 Å². The summed E-state index contributed by atoms with van der Waals surface area (Å²) in [6.45, 7) is 1.20. The van der Waals surface area contributed by atoms with Crippen molar-refractivity contribution in [2.45, 2.75) is 19.1 Å². The minimum atomic E-state index is -0.337. The third-order valence-electron chi connectivity index (χ3n) is 3.68. The van der Waals surface area contributed by atoms with Crippen LogP contribution in [0.1, 0.15) is 34.2 Å². The maximum Gasteiger partial charge on any atom is 0.184 e. The molecule has 0 bridgehead atoms. The highest BCUT2D eigenvalue weighted by molar-refractivity contribution is 9.10. The van der Waals surface area contributed by atoms with Gasteiger partial charge in [0, 0.05) is 22.0 Å². The topological polar surface area (TPSA) is 35.5 Å². The summed E-state index contributed by atoms with van der Waals surface area (Å²) in [5.41, 5.74) is 2.77. The number of hydrogen-bond acceptors (Lipinski definition) is 3. The number of hydrogen-bond donors (Lipinski definition) is 0. The summed E-state index contributed by atoms with van der Waals surface area (Å²) in [7, 11) is 0. The van der Waals surface area contributed by atoms with E-state index in [0.29, 0.717) is 25.2 Å². The third kappa shape index (κ3) is 3.64. The second-order valence-electron chi connectivity index (χ2n) is 5.21. The van der Waals surface area contributed by atoms with Crippen LogP contribution in [0.4, 0.5) is 0 Å². The summed E-state index contributed by atoms with van der Waals surface area (Å²) in [5, 5.41) is 0. The molecule has 1 saturated heterocycles. The van der Waals surface area contributed by atoms with E-state index in [2.05, 4.69) is 15.9 Å². The van der Waals surface area contributed by atoms with Gasteiger partial charge in [0.15, 0.2) is 12.1 Å². The highest BCUT2D eigenvalue weighted by Gasteiger charge is 2.19. The lowest BCUT2D eigenvalue weighted by Crippen LogP contribution is -2.04. The molecule has 2 aromatic carbocycles. The lowest BCUT2D eigenvalue weighted by Gasteiger charge is -2.10. The Hall–Kier alpha value is -1.49. The molecule has 22 heavy (non-hydrogen) atoms. The van der Waals surface area contributed by atoms with E-state index in [9.17, 15) is 4.79 Å². The maximum atomic E-state index is 12.4. The summed E-state index contributed by atoms with van der Waals surface area (Å²) in [6, 6.07) is 15.5. The Morgan fingerprint density at radius 2 is 1.86 bits per heavy atom. The molecule has 0 saturated carbocycles. The molecule has 0 radical (unpaired) electrons. The van der Waals surface area contributed by atoms with Gasteiger partial charge in [0.25, 0.3) is 0 Å². The van der Waals surface area contributed by atoms with Crippen molar-refractivity contribution in [2.24, 2.45) is 0 Å². The van der Waals surface area contributed by atoms with Crippen molar-refractivity contribution in [1.29, 1.82) is 0 Å². The van der Waals surface area contributed by atoms with Gasteiger partial charge in [-0.05, 0) is 24.1 Å². The first-order chi connectivity index (χ1) is 10.7. The summed E-state index contributed by atoms with van der Waals surface area (Å²) in [6.07, 6.45) is 0.871. The van der Waals surface area contributed by atoms with Gasteiger partial charge in [0.1, 0.15) is 0 Å². The average molecular weight is 361 g/mol. The molecule has 3 rings (SSSR count). The van der Waals surface area contributed by atoms with Crippen molar-refractivity contribution in [3.63, 3.8) is 0 Å². The molecule has 0 aromatic heterocycles. The zero-order valence-corrected chi connectivity index (χ0v) is 13.7. The van der Waals surface area contributed by atoms with Crippen LogP contribution < -0.4 is 0 Å². The zero-order chi connectivity index (χ0) is 15.4. The van der Waals surface area contributed by atoms with Crippen LogP contribution in [0.25, 0.3) is 0 Å². The fraction of sp³-hybridized carbons (Fsp3) is 0.278. The molecule has 0 unspecified atom stereocenters. The first-order valence-corrected chi connectivity index (χ1v) is 8.13. The molecule has 4 heteroatoms. The smallest absolute Gasteiger partial charge is 0.184 e. The molecule has 0 N–H and O–H groups in total.